The zero-order valence-electron chi connectivity index (χ0n) is 29.3. The molecule has 0 aliphatic heterocycles. The van der Waals surface area contributed by atoms with Crippen molar-refractivity contribution in [1.82, 2.24) is 19.5 Å². The first-order valence-electron chi connectivity index (χ1n) is 18.4. The Morgan fingerprint density at radius 2 is 1.00 bits per heavy atom. The van der Waals surface area contributed by atoms with Gasteiger partial charge in [-0.3, -0.25) is 0 Å². The average Bonchev–Trinajstić information content (AvgIpc) is 3.92. The molecule has 6 heteroatoms. The molecular formula is C49H28N4O2. The van der Waals surface area contributed by atoms with E-state index in [1.54, 1.807) is 0 Å². The van der Waals surface area contributed by atoms with Crippen molar-refractivity contribution in [2.45, 2.75) is 0 Å². The fourth-order valence-electron chi connectivity index (χ4n) is 8.31. The minimum absolute atomic E-state index is 0.575. The summed E-state index contributed by atoms with van der Waals surface area (Å²) < 4.78 is 15.7. The third kappa shape index (κ3) is 4.52. The first-order valence-corrected chi connectivity index (χ1v) is 18.4. The monoisotopic (exact) mass is 704 g/mol. The summed E-state index contributed by atoms with van der Waals surface area (Å²) in [5, 5.41) is 8.77. The standard InChI is InChI=1S/C49H28N4O2/c1-3-14-30(15-4-1)47-50-48(31-16-5-2-6-17-31)52-49(51-47)32-25-38-45-33-18-8-7-13-29(33)23-24-43(45)55-46(38)41(26-32)53-39-21-11-9-19-34(39)36-27-37-35-20-10-12-22-42(35)54-44(37)28-40(36)53/h1-28H. The Balaban J connectivity index is 1.22. The first-order chi connectivity index (χ1) is 27.2. The first kappa shape index (κ1) is 29.9. The minimum Gasteiger partial charge on any atom is -0.456 e. The molecule has 0 atom stereocenters. The largest absolute Gasteiger partial charge is 0.456 e. The molecule has 4 aromatic heterocycles. The molecule has 0 spiro atoms. The van der Waals surface area contributed by atoms with Crippen LogP contribution in [0.15, 0.2) is 179 Å². The minimum atomic E-state index is 0.575. The van der Waals surface area contributed by atoms with Crippen LogP contribution in [0.25, 0.3) is 116 Å². The van der Waals surface area contributed by atoms with Crippen LogP contribution in [-0.4, -0.2) is 19.5 Å². The van der Waals surface area contributed by atoms with Crippen LogP contribution in [0.4, 0.5) is 0 Å². The van der Waals surface area contributed by atoms with Crippen molar-refractivity contribution in [3.8, 4) is 39.9 Å². The van der Waals surface area contributed by atoms with Crippen molar-refractivity contribution in [3.63, 3.8) is 0 Å². The van der Waals surface area contributed by atoms with Crippen molar-refractivity contribution in [2.75, 3.05) is 0 Å². The summed E-state index contributed by atoms with van der Waals surface area (Å²) >= 11 is 0. The lowest BCUT2D eigenvalue weighted by Gasteiger charge is -2.13. The van der Waals surface area contributed by atoms with Gasteiger partial charge in [0.25, 0.3) is 0 Å². The van der Waals surface area contributed by atoms with Gasteiger partial charge in [-0.1, -0.05) is 127 Å². The Kier molecular flexibility index (Phi) is 6.24. The molecule has 0 radical (unpaired) electrons. The summed E-state index contributed by atoms with van der Waals surface area (Å²) in [5.41, 5.74) is 8.95. The van der Waals surface area contributed by atoms with E-state index >= 15 is 0 Å². The molecule has 4 heterocycles. The number of benzene rings is 8. The van der Waals surface area contributed by atoms with Gasteiger partial charge in [-0.05, 0) is 47.2 Å². The summed E-state index contributed by atoms with van der Waals surface area (Å²) in [6.45, 7) is 0. The maximum atomic E-state index is 6.93. The van der Waals surface area contributed by atoms with Crippen LogP contribution in [-0.2, 0) is 0 Å². The van der Waals surface area contributed by atoms with Crippen molar-refractivity contribution < 1.29 is 8.83 Å². The fourth-order valence-corrected chi connectivity index (χ4v) is 8.31. The van der Waals surface area contributed by atoms with Gasteiger partial charge >= 0.3 is 0 Å². The second kappa shape index (κ2) is 11.5. The molecule has 0 bridgehead atoms. The quantitative estimate of drug-likeness (QED) is 0.182. The molecule has 0 N–H and O–H groups in total. The lowest BCUT2D eigenvalue weighted by Crippen LogP contribution is -2.01. The van der Waals surface area contributed by atoms with E-state index in [1.807, 2.05) is 72.8 Å². The highest BCUT2D eigenvalue weighted by Gasteiger charge is 2.23. The number of hydrogen-bond donors (Lipinski definition) is 0. The van der Waals surface area contributed by atoms with Gasteiger partial charge in [0.2, 0.25) is 0 Å². The number of hydrogen-bond acceptors (Lipinski definition) is 5. The van der Waals surface area contributed by atoms with E-state index in [9.17, 15) is 0 Å². The zero-order chi connectivity index (χ0) is 36.0. The molecule has 0 unspecified atom stereocenters. The Hall–Kier alpha value is -7.57. The van der Waals surface area contributed by atoms with Crippen LogP contribution in [0, 0.1) is 0 Å². The predicted molar refractivity (Wildman–Crippen MR) is 223 cm³/mol. The van der Waals surface area contributed by atoms with Crippen LogP contribution >= 0.6 is 0 Å². The molecule has 0 amide bonds. The maximum absolute atomic E-state index is 6.93. The van der Waals surface area contributed by atoms with E-state index in [0.29, 0.717) is 17.5 Å². The van der Waals surface area contributed by atoms with E-state index in [-0.39, 0.29) is 0 Å². The number of para-hydroxylation sites is 2. The summed E-state index contributed by atoms with van der Waals surface area (Å²) in [5.74, 6) is 1.79. The molecule has 8 aromatic carbocycles. The Morgan fingerprint density at radius 3 is 1.76 bits per heavy atom. The Morgan fingerprint density at radius 1 is 0.364 bits per heavy atom. The van der Waals surface area contributed by atoms with E-state index < -0.39 is 0 Å². The highest BCUT2D eigenvalue weighted by Crippen LogP contribution is 2.44. The predicted octanol–water partition coefficient (Wildman–Crippen LogP) is 12.9. The van der Waals surface area contributed by atoms with E-state index in [1.165, 1.54) is 0 Å². The van der Waals surface area contributed by atoms with E-state index in [2.05, 4.69) is 102 Å². The number of nitrogens with zero attached hydrogens (tertiary/aromatic N) is 4. The van der Waals surface area contributed by atoms with E-state index in [0.717, 1.165) is 98.8 Å². The zero-order valence-corrected chi connectivity index (χ0v) is 29.3. The highest BCUT2D eigenvalue weighted by molar-refractivity contribution is 6.22. The summed E-state index contributed by atoms with van der Waals surface area (Å²) in [6, 6.07) is 58.5. The molecule has 0 aliphatic carbocycles. The number of rotatable bonds is 4. The third-order valence-electron chi connectivity index (χ3n) is 10.8. The van der Waals surface area contributed by atoms with Crippen molar-refractivity contribution in [3.05, 3.63) is 170 Å². The van der Waals surface area contributed by atoms with Crippen molar-refractivity contribution in [2.24, 2.45) is 0 Å². The lowest BCUT2D eigenvalue weighted by molar-refractivity contribution is 0.666. The molecule has 256 valence electrons. The second-order valence-electron chi connectivity index (χ2n) is 14.0. The fraction of sp³-hybridized carbons (Fsp3) is 0. The van der Waals surface area contributed by atoms with Crippen molar-refractivity contribution >= 4 is 76.5 Å². The highest BCUT2D eigenvalue weighted by atomic mass is 16.3. The van der Waals surface area contributed by atoms with Crippen LogP contribution in [0.1, 0.15) is 0 Å². The van der Waals surface area contributed by atoms with Gasteiger partial charge in [-0.2, -0.15) is 0 Å². The summed E-state index contributed by atoms with van der Waals surface area (Å²) in [4.78, 5) is 15.3. The number of furan rings is 2. The summed E-state index contributed by atoms with van der Waals surface area (Å²) in [6.07, 6.45) is 0. The number of aromatic nitrogens is 4. The van der Waals surface area contributed by atoms with Crippen molar-refractivity contribution in [1.29, 1.82) is 0 Å². The molecular weight excluding hydrogens is 677 g/mol. The van der Waals surface area contributed by atoms with Crippen LogP contribution in [0.3, 0.4) is 0 Å². The van der Waals surface area contributed by atoms with Gasteiger partial charge in [-0.15, -0.1) is 0 Å². The maximum Gasteiger partial charge on any atom is 0.164 e. The smallest absolute Gasteiger partial charge is 0.164 e. The number of fused-ring (bicyclic) bond motifs is 11. The summed E-state index contributed by atoms with van der Waals surface area (Å²) in [7, 11) is 0. The topological polar surface area (TPSA) is 69.9 Å². The molecule has 0 saturated carbocycles. The van der Waals surface area contributed by atoms with E-state index in [4.69, 9.17) is 23.8 Å². The van der Waals surface area contributed by atoms with Gasteiger partial charge in [0, 0.05) is 55.1 Å². The average molecular weight is 705 g/mol. The normalized spacial score (nSPS) is 12.0. The molecule has 0 aliphatic rings. The van der Waals surface area contributed by atoms with Gasteiger partial charge in [0.1, 0.15) is 16.7 Å². The molecule has 0 saturated heterocycles. The van der Waals surface area contributed by atoms with Gasteiger partial charge in [0.15, 0.2) is 23.1 Å². The SMILES string of the molecule is c1ccc(-c2nc(-c3ccccc3)nc(-c3cc(-n4c5ccccc5c5cc6c(cc54)oc4ccccc46)c4oc5ccc6ccccc6c5c4c3)n2)cc1. The van der Waals surface area contributed by atoms with Crippen LogP contribution in [0.2, 0.25) is 0 Å². The van der Waals surface area contributed by atoms with Gasteiger partial charge < -0.3 is 13.4 Å². The Bertz CT molecular complexity index is 3430. The lowest BCUT2D eigenvalue weighted by atomic mass is 10.0. The van der Waals surface area contributed by atoms with Gasteiger partial charge in [-0.25, -0.2) is 15.0 Å². The van der Waals surface area contributed by atoms with Crippen LogP contribution < -0.4 is 0 Å². The van der Waals surface area contributed by atoms with Crippen LogP contribution in [0.5, 0.6) is 0 Å². The molecule has 12 aromatic rings. The second-order valence-corrected chi connectivity index (χ2v) is 14.0. The van der Waals surface area contributed by atoms with Gasteiger partial charge in [0.05, 0.1) is 16.7 Å². The Labute approximate surface area is 313 Å². The molecule has 55 heavy (non-hydrogen) atoms. The third-order valence-corrected chi connectivity index (χ3v) is 10.8. The molecule has 12 rings (SSSR count). The molecule has 6 nitrogen and oxygen atoms in total. The molecule has 0 fully saturated rings.